The van der Waals surface area contributed by atoms with Crippen molar-refractivity contribution >= 4 is 65.6 Å². The quantitative estimate of drug-likeness (QED) is 0.631. The second-order valence-electron chi connectivity index (χ2n) is 5.80. The third kappa shape index (κ3) is 3.57. The van der Waals surface area contributed by atoms with E-state index in [0.717, 1.165) is 0 Å². The predicted molar refractivity (Wildman–Crippen MR) is 106 cm³/mol. The molecule has 5 nitrogen and oxygen atoms in total. The molecule has 0 saturated carbocycles. The molecule has 3 aromatic rings. The number of anilines is 1. The summed E-state index contributed by atoms with van der Waals surface area (Å²) in [6.07, 6.45) is 0. The van der Waals surface area contributed by atoms with Crippen LogP contribution in [0.25, 0.3) is 10.2 Å². The first-order valence-corrected chi connectivity index (χ1v) is 10.7. The van der Waals surface area contributed by atoms with E-state index >= 15 is 0 Å². The summed E-state index contributed by atoms with van der Waals surface area (Å²) < 4.78 is 25.2. The second-order valence-corrected chi connectivity index (χ2v) is 10.1. The average Bonchev–Trinajstić information content (AvgIpc) is 3.03. The van der Waals surface area contributed by atoms with Gasteiger partial charge in [0.15, 0.2) is 15.0 Å². The molecule has 1 N–H and O–H groups in total. The number of nitrogens with zero attached hydrogens (tertiary/aromatic N) is 1. The summed E-state index contributed by atoms with van der Waals surface area (Å²) in [5.41, 5.74) is 0.735. The molecule has 0 unspecified atom stereocenters. The lowest BCUT2D eigenvalue weighted by Gasteiger charge is -2.09. The van der Waals surface area contributed by atoms with Gasteiger partial charge in [0, 0.05) is 5.56 Å². The maximum absolute atomic E-state index is 12.5. The van der Waals surface area contributed by atoms with E-state index in [2.05, 4.69) is 10.3 Å². The summed E-state index contributed by atoms with van der Waals surface area (Å²) in [7, 11) is -3.47. The number of carbonyl (C=O) groups is 1. The lowest BCUT2D eigenvalue weighted by atomic mass is 10.2. The maximum atomic E-state index is 12.5. The second kappa shape index (κ2) is 7.15. The third-order valence-corrected chi connectivity index (χ3v) is 7.60. The van der Waals surface area contributed by atoms with Crippen molar-refractivity contribution in [3.8, 4) is 0 Å². The van der Waals surface area contributed by atoms with Crippen LogP contribution in [0.4, 0.5) is 5.13 Å². The number of sulfone groups is 1. The van der Waals surface area contributed by atoms with Gasteiger partial charge in [0.2, 0.25) is 0 Å². The number of nitrogens with one attached hydrogen (secondary N) is 1. The van der Waals surface area contributed by atoms with E-state index in [1.165, 1.54) is 29.5 Å². The van der Waals surface area contributed by atoms with Crippen LogP contribution in [-0.2, 0) is 9.84 Å². The summed E-state index contributed by atoms with van der Waals surface area (Å²) in [6.45, 7) is 3.19. The van der Waals surface area contributed by atoms with E-state index in [-0.39, 0.29) is 10.5 Å². The SMILES string of the molecule is CC(C)S(=O)(=O)c1cccc(C(=O)Nc2nc3c(Cl)ccc(Cl)c3s2)c1. The van der Waals surface area contributed by atoms with Gasteiger partial charge in [-0.3, -0.25) is 10.1 Å². The number of hydrogen-bond acceptors (Lipinski definition) is 5. The summed E-state index contributed by atoms with van der Waals surface area (Å²) >= 11 is 13.4. The number of thiazole rings is 1. The van der Waals surface area contributed by atoms with Gasteiger partial charge in [-0.15, -0.1) is 0 Å². The van der Waals surface area contributed by atoms with Gasteiger partial charge in [-0.05, 0) is 44.2 Å². The normalized spacial score (nSPS) is 11.9. The Morgan fingerprint density at radius 1 is 1.15 bits per heavy atom. The first-order valence-electron chi connectivity index (χ1n) is 7.60. The van der Waals surface area contributed by atoms with Crippen molar-refractivity contribution in [1.29, 1.82) is 0 Å². The van der Waals surface area contributed by atoms with Crippen molar-refractivity contribution in [3.05, 3.63) is 52.0 Å². The molecule has 1 heterocycles. The summed E-state index contributed by atoms with van der Waals surface area (Å²) in [5, 5.41) is 3.35. The van der Waals surface area contributed by atoms with E-state index in [9.17, 15) is 13.2 Å². The average molecular weight is 429 g/mol. The molecule has 1 amide bonds. The van der Waals surface area contributed by atoms with Crippen LogP contribution in [0, 0.1) is 0 Å². The highest BCUT2D eigenvalue weighted by Crippen LogP contribution is 2.36. The molecule has 3 rings (SSSR count). The molecule has 0 radical (unpaired) electrons. The number of halogens is 2. The number of carbonyl (C=O) groups excluding carboxylic acids is 1. The highest BCUT2D eigenvalue weighted by atomic mass is 35.5. The minimum absolute atomic E-state index is 0.107. The molecular weight excluding hydrogens is 415 g/mol. The van der Waals surface area contributed by atoms with Gasteiger partial charge < -0.3 is 0 Å². The van der Waals surface area contributed by atoms with Gasteiger partial charge in [-0.1, -0.05) is 40.6 Å². The molecule has 0 aliphatic heterocycles. The smallest absolute Gasteiger partial charge is 0.257 e. The molecule has 0 saturated heterocycles. The van der Waals surface area contributed by atoms with Gasteiger partial charge in [-0.2, -0.15) is 0 Å². The van der Waals surface area contributed by atoms with Crippen LogP contribution in [0.2, 0.25) is 10.0 Å². The molecule has 0 aliphatic rings. The van der Waals surface area contributed by atoms with Crippen LogP contribution in [0.15, 0.2) is 41.3 Å². The number of aromatic nitrogens is 1. The summed E-state index contributed by atoms with van der Waals surface area (Å²) in [4.78, 5) is 16.9. The fourth-order valence-electron chi connectivity index (χ4n) is 2.25. The summed E-state index contributed by atoms with van der Waals surface area (Å²) in [6, 6.07) is 9.22. The topological polar surface area (TPSA) is 76.1 Å². The van der Waals surface area contributed by atoms with Crippen LogP contribution in [0.3, 0.4) is 0 Å². The molecule has 0 bridgehead atoms. The van der Waals surface area contributed by atoms with Gasteiger partial charge in [0.05, 0.1) is 24.9 Å². The van der Waals surface area contributed by atoms with Crippen molar-refractivity contribution in [3.63, 3.8) is 0 Å². The number of benzene rings is 2. The van der Waals surface area contributed by atoms with Gasteiger partial charge in [0.1, 0.15) is 5.52 Å². The standard InChI is InChI=1S/C17H14Cl2N2O3S2/c1-9(2)26(23,24)11-5-3-4-10(8-11)16(22)21-17-20-14-12(18)6-7-13(19)15(14)25-17/h3-9H,1-2H3,(H,20,21,22). The Kier molecular flexibility index (Phi) is 5.25. The fourth-order valence-corrected chi connectivity index (χ4v) is 4.77. The Hall–Kier alpha value is -1.67. The Labute approximate surface area is 164 Å². The minimum atomic E-state index is -3.47. The molecule has 26 heavy (non-hydrogen) atoms. The van der Waals surface area contributed by atoms with Crippen LogP contribution < -0.4 is 5.32 Å². The zero-order valence-electron chi connectivity index (χ0n) is 13.8. The van der Waals surface area contributed by atoms with E-state index in [1.807, 2.05) is 0 Å². The first-order chi connectivity index (χ1) is 12.2. The molecule has 0 spiro atoms. The van der Waals surface area contributed by atoms with Crippen molar-refractivity contribution in [1.82, 2.24) is 4.98 Å². The molecule has 136 valence electrons. The van der Waals surface area contributed by atoms with Crippen molar-refractivity contribution < 1.29 is 13.2 Å². The lowest BCUT2D eigenvalue weighted by molar-refractivity contribution is 0.102. The van der Waals surface area contributed by atoms with Crippen molar-refractivity contribution in [2.45, 2.75) is 24.0 Å². The van der Waals surface area contributed by atoms with Gasteiger partial charge >= 0.3 is 0 Å². The highest BCUT2D eigenvalue weighted by molar-refractivity contribution is 7.92. The molecule has 9 heteroatoms. The first kappa shape index (κ1) is 19.1. The monoisotopic (exact) mass is 428 g/mol. The number of amides is 1. The van der Waals surface area contributed by atoms with E-state index in [1.54, 1.807) is 32.0 Å². The molecule has 0 fully saturated rings. The fraction of sp³-hybridized carbons (Fsp3) is 0.176. The zero-order valence-corrected chi connectivity index (χ0v) is 16.9. The van der Waals surface area contributed by atoms with Crippen LogP contribution in [0.1, 0.15) is 24.2 Å². The Morgan fingerprint density at radius 2 is 1.85 bits per heavy atom. The van der Waals surface area contributed by atoms with E-state index < -0.39 is 21.0 Å². The van der Waals surface area contributed by atoms with E-state index in [4.69, 9.17) is 23.2 Å². The Morgan fingerprint density at radius 3 is 2.50 bits per heavy atom. The Balaban J connectivity index is 1.92. The summed E-state index contributed by atoms with van der Waals surface area (Å²) in [5.74, 6) is -0.461. The van der Waals surface area contributed by atoms with Crippen LogP contribution in [0.5, 0.6) is 0 Å². The van der Waals surface area contributed by atoms with Crippen LogP contribution in [-0.4, -0.2) is 24.6 Å². The number of hydrogen-bond donors (Lipinski definition) is 1. The number of fused-ring (bicyclic) bond motifs is 1. The van der Waals surface area contributed by atoms with Gasteiger partial charge in [0.25, 0.3) is 5.91 Å². The minimum Gasteiger partial charge on any atom is -0.298 e. The van der Waals surface area contributed by atoms with Crippen molar-refractivity contribution in [2.24, 2.45) is 0 Å². The molecule has 2 aromatic carbocycles. The predicted octanol–water partition coefficient (Wildman–Crippen LogP) is 5.04. The lowest BCUT2D eigenvalue weighted by Crippen LogP contribution is -2.16. The molecule has 0 atom stereocenters. The zero-order chi connectivity index (χ0) is 19.1. The van der Waals surface area contributed by atoms with Gasteiger partial charge in [-0.25, -0.2) is 13.4 Å². The Bertz CT molecular complexity index is 1070. The molecule has 0 aliphatic carbocycles. The largest absolute Gasteiger partial charge is 0.298 e. The van der Waals surface area contributed by atoms with E-state index in [0.29, 0.717) is 25.4 Å². The third-order valence-electron chi connectivity index (χ3n) is 3.71. The highest BCUT2D eigenvalue weighted by Gasteiger charge is 2.21. The molecular formula is C17H14Cl2N2O3S2. The van der Waals surface area contributed by atoms with Crippen LogP contribution >= 0.6 is 34.5 Å². The number of rotatable bonds is 4. The van der Waals surface area contributed by atoms with Crippen molar-refractivity contribution in [2.75, 3.05) is 5.32 Å². The molecule has 1 aromatic heterocycles. The maximum Gasteiger partial charge on any atom is 0.257 e.